The third-order valence-electron chi connectivity index (χ3n) is 3.75. The van der Waals surface area contributed by atoms with Gasteiger partial charge in [0, 0.05) is 20.3 Å². The molecule has 1 spiro atoms. The summed E-state index contributed by atoms with van der Waals surface area (Å²) in [6, 6.07) is 0. The van der Waals surface area contributed by atoms with Gasteiger partial charge in [-0.25, -0.2) is 0 Å². The van der Waals surface area contributed by atoms with Gasteiger partial charge in [-0.3, -0.25) is 10.1 Å². The van der Waals surface area contributed by atoms with Crippen molar-refractivity contribution in [1.29, 1.82) is 0 Å². The molecule has 1 amide bonds. The standard InChI is InChI=1S/C13H24N2O3/c1-3-11-14-13(5-6-13)12(16)15(11)7-4-8-18-10-9-17-2/h11,14H,3-10H2,1-2H3. The number of nitrogens with one attached hydrogen (secondary N) is 1. The van der Waals surface area contributed by atoms with Gasteiger partial charge in [0.15, 0.2) is 0 Å². The number of hydrogen-bond acceptors (Lipinski definition) is 4. The van der Waals surface area contributed by atoms with Gasteiger partial charge in [-0.1, -0.05) is 6.92 Å². The summed E-state index contributed by atoms with van der Waals surface area (Å²) in [6.45, 7) is 4.86. The zero-order chi connectivity index (χ0) is 13.0. The van der Waals surface area contributed by atoms with Crippen molar-refractivity contribution in [2.45, 2.75) is 44.3 Å². The van der Waals surface area contributed by atoms with E-state index in [1.807, 2.05) is 4.90 Å². The van der Waals surface area contributed by atoms with Crippen molar-refractivity contribution in [3.8, 4) is 0 Å². The third kappa shape index (κ3) is 2.84. The van der Waals surface area contributed by atoms with Gasteiger partial charge in [-0.2, -0.15) is 0 Å². The predicted molar refractivity (Wildman–Crippen MR) is 68.2 cm³/mol. The summed E-state index contributed by atoms with van der Waals surface area (Å²) in [5.41, 5.74) is -0.183. The minimum atomic E-state index is -0.183. The number of carbonyl (C=O) groups is 1. The van der Waals surface area contributed by atoms with Crippen LogP contribution in [-0.4, -0.2) is 56.0 Å². The van der Waals surface area contributed by atoms with Gasteiger partial charge in [0.25, 0.3) is 0 Å². The molecular formula is C13H24N2O3. The average Bonchev–Trinajstić information content (AvgIpc) is 3.10. The summed E-state index contributed by atoms with van der Waals surface area (Å²) in [6.07, 6.45) is 4.09. The van der Waals surface area contributed by atoms with Gasteiger partial charge in [-0.15, -0.1) is 0 Å². The second-order valence-corrected chi connectivity index (χ2v) is 5.11. The summed E-state index contributed by atoms with van der Waals surface area (Å²) in [4.78, 5) is 14.2. The van der Waals surface area contributed by atoms with Crippen LogP contribution < -0.4 is 5.32 Å². The number of carbonyl (C=O) groups excluding carboxylic acids is 1. The molecule has 0 aromatic carbocycles. The Morgan fingerprint density at radius 2 is 2.17 bits per heavy atom. The Morgan fingerprint density at radius 3 is 2.78 bits per heavy atom. The molecule has 18 heavy (non-hydrogen) atoms. The molecule has 1 aliphatic carbocycles. The monoisotopic (exact) mass is 256 g/mol. The highest BCUT2D eigenvalue weighted by molar-refractivity contribution is 5.91. The summed E-state index contributed by atoms with van der Waals surface area (Å²) >= 11 is 0. The molecule has 104 valence electrons. The molecule has 1 saturated carbocycles. The van der Waals surface area contributed by atoms with Gasteiger partial charge in [0.1, 0.15) is 0 Å². The lowest BCUT2D eigenvalue weighted by Crippen LogP contribution is -2.37. The minimum absolute atomic E-state index is 0.183. The zero-order valence-corrected chi connectivity index (χ0v) is 11.4. The van der Waals surface area contributed by atoms with E-state index in [9.17, 15) is 4.79 Å². The van der Waals surface area contributed by atoms with E-state index in [1.165, 1.54) is 0 Å². The topological polar surface area (TPSA) is 50.8 Å². The Morgan fingerprint density at radius 1 is 1.39 bits per heavy atom. The van der Waals surface area contributed by atoms with E-state index in [0.29, 0.717) is 25.7 Å². The molecule has 0 bridgehead atoms. The van der Waals surface area contributed by atoms with E-state index in [2.05, 4.69) is 12.2 Å². The average molecular weight is 256 g/mol. The van der Waals surface area contributed by atoms with Gasteiger partial charge in [-0.05, 0) is 25.7 Å². The number of amides is 1. The summed E-state index contributed by atoms with van der Waals surface area (Å²) in [5, 5.41) is 3.47. The van der Waals surface area contributed by atoms with E-state index in [1.54, 1.807) is 7.11 Å². The maximum Gasteiger partial charge on any atom is 0.244 e. The van der Waals surface area contributed by atoms with Crippen LogP contribution in [0.25, 0.3) is 0 Å². The predicted octanol–water partition coefficient (Wildman–Crippen LogP) is 0.740. The first kappa shape index (κ1) is 13.8. The van der Waals surface area contributed by atoms with Crippen molar-refractivity contribution in [3.05, 3.63) is 0 Å². The highest BCUT2D eigenvalue weighted by atomic mass is 16.5. The molecule has 2 aliphatic rings. The molecule has 2 fully saturated rings. The first-order valence-corrected chi connectivity index (χ1v) is 6.89. The molecule has 1 unspecified atom stereocenters. The summed E-state index contributed by atoms with van der Waals surface area (Å²) in [7, 11) is 1.67. The SMILES string of the molecule is CCC1NC2(CC2)C(=O)N1CCCOCCOC. The van der Waals surface area contributed by atoms with Crippen LogP contribution in [0, 0.1) is 0 Å². The molecular weight excluding hydrogens is 232 g/mol. The van der Waals surface area contributed by atoms with Crippen LogP contribution in [0.1, 0.15) is 32.6 Å². The Bertz CT molecular complexity index is 292. The zero-order valence-electron chi connectivity index (χ0n) is 11.4. The van der Waals surface area contributed by atoms with Crippen molar-refractivity contribution in [2.75, 3.05) is 33.5 Å². The van der Waals surface area contributed by atoms with Crippen molar-refractivity contribution >= 4 is 5.91 Å². The lowest BCUT2D eigenvalue weighted by Gasteiger charge is -2.22. The number of methoxy groups -OCH3 is 1. The van der Waals surface area contributed by atoms with E-state index in [0.717, 1.165) is 32.2 Å². The maximum absolute atomic E-state index is 12.2. The normalized spacial score (nSPS) is 25.1. The number of ether oxygens (including phenoxy) is 2. The third-order valence-corrected chi connectivity index (χ3v) is 3.75. The minimum Gasteiger partial charge on any atom is -0.382 e. The lowest BCUT2D eigenvalue weighted by molar-refractivity contribution is -0.131. The van der Waals surface area contributed by atoms with Crippen LogP contribution in [0.15, 0.2) is 0 Å². The molecule has 5 heteroatoms. The first-order valence-electron chi connectivity index (χ1n) is 6.89. The van der Waals surface area contributed by atoms with Crippen LogP contribution in [-0.2, 0) is 14.3 Å². The highest BCUT2D eigenvalue weighted by Crippen LogP contribution is 2.42. The molecule has 1 N–H and O–H groups in total. The fourth-order valence-corrected chi connectivity index (χ4v) is 2.52. The van der Waals surface area contributed by atoms with Crippen molar-refractivity contribution < 1.29 is 14.3 Å². The fourth-order valence-electron chi connectivity index (χ4n) is 2.52. The molecule has 0 radical (unpaired) electrons. The molecule has 1 heterocycles. The molecule has 1 atom stereocenters. The number of nitrogens with zero attached hydrogens (tertiary/aromatic N) is 1. The second-order valence-electron chi connectivity index (χ2n) is 5.11. The quantitative estimate of drug-likeness (QED) is 0.651. The van der Waals surface area contributed by atoms with Crippen LogP contribution in [0.5, 0.6) is 0 Å². The maximum atomic E-state index is 12.2. The Balaban J connectivity index is 1.69. The second kappa shape index (κ2) is 5.99. The van der Waals surface area contributed by atoms with E-state index in [4.69, 9.17) is 9.47 Å². The smallest absolute Gasteiger partial charge is 0.244 e. The molecule has 0 aromatic heterocycles. The first-order chi connectivity index (χ1) is 8.73. The molecule has 1 aliphatic heterocycles. The number of hydrogen-bond donors (Lipinski definition) is 1. The van der Waals surface area contributed by atoms with Crippen LogP contribution in [0.4, 0.5) is 0 Å². The Kier molecular flexibility index (Phi) is 4.59. The van der Waals surface area contributed by atoms with Gasteiger partial charge >= 0.3 is 0 Å². The summed E-state index contributed by atoms with van der Waals surface area (Å²) < 4.78 is 10.3. The van der Waals surface area contributed by atoms with E-state index < -0.39 is 0 Å². The van der Waals surface area contributed by atoms with Crippen molar-refractivity contribution in [1.82, 2.24) is 10.2 Å². The Hall–Kier alpha value is -0.650. The van der Waals surface area contributed by atoms with Gasteiger partial charge < -0.3 is 14.4 Å². The molecule has 1 saturated heterocycles. The van der Waals surface area contributed by atoms with Gasteiger partial charge in [0.05, 0.1) is 24.9 Å². The molecule has 0 aromatic rings. The van der Waals surface area contributed by atoms with E-state index >= 15 is 0 Å². The van der Waals surface area contributed by atoms with Crippen molar-refractivity contribution in [2.24, 2.45) is 0 Å². The van der Waals surface area contributed by atoms with Crippen LogP contribution in [0.2, 0.25) is 0 Å². The van der Waals surface area contributed by atoms with Crippen LogP contribution in [0.3, 0.4) is 0 Å². The highest BCUT2D eigenvalue weighted by Gasteiger charge is 2.58. The largest absolute Gasteiger partial charge is 0.382 e. The lowest BCUT2D eigenvalue weighted by atomic mass is 10.2. The molecule has 2 rings (SSSR count). The molecule has 5 nitrogen and oxygen atoms in total. The van der Waals surface area contributed by atoms with Crippen LogP contribution >= 0.6 is 0 Å². The summed E-state index contributed by atoms with van der Waals surface area (Å²) in [5.74, 6) is 0.297. The number of rotatable bonds is 8. The Labute approximate surface area is 109 Å². The fraction of sp³-hybridized carbons (Fsp3) is 0.923. The van der Waals surface area contributed by atoms with Gasteiger partial charge in [0.2, 0.25) is 5.91 Å². The van der Waals surface area contributed by atoms with E-state index in [-0.39, 0.29) is 11.7 Å². The van der Waals surface area contributed by atoms with Crippen molar-refractivity contribution in [3.63, 3.8) is 0 Å².